The van der Waals surface area contributed by atoms with Gasteiger partial charge in [0.1, 0.15) is 0 Å². The van der Waals surface area contributed by atoms with Crippen LogP contribution in [-0.4, -0.2) is 0 Å². The van der Waals surface area contributed by atoms with E-state index in [1.807, 2.05) is 0 Å². The van der Waals surface area contributed by atoms with Crippen LogP contribution in [0.25, 0.3) is 0 Å². The minimum absolute atomic E-state index is 0.368. The quantitative estimate of drug-likeness (QED) is 0.542. The van der Waals surface area contributed by atoms with Crippen LogP contribution in [0, 0.1) is 30.1 Å². The van der Waals surface area contributed by atoms with Gasteiger partial charge in [0.05, 0.1) is 0 Å². The minimum Gasteiger partial charge on any atom is -0.120 e. The maximum absolute atomic E-state index is 5.37. The molecule has 0 saturated heterocycles. The van der Waals surface area contributed by atoms with Gasteiger partial charge in [-0.05, 0) is 44.9 Å². The fraction of sp³-hybridized carbons (Fsp3) is 0.636. The van der Waals surface area contributed by atoms with Gasteiger partial charge >= 0.3 is 0 Å². The summed E-state index contributed by atoms with van der Waals surface area (Å²) in [6.07, 6.45) is 7.65. The molecule has 0 bridgehead atoms. The molecular formula is C11H17I. The van der Waals surface area contributed by atoms with Crippen LogP contribution in [0.5, 0.6) is 0 Å². The van der Waals surface area contributed by atoms with Gasteiger partial charge in [0, 0.05) is 5.92 Å². The molecule has 0 saturated carbocycles. The predicted molar refractivity (Wildman–Crippen MR) is 64.1 cm³/mol. The molecule has 0 aromatic heterocycles. The van der Waals surface area contributed by atoms with E-state index in [1.54, 1.807) is 0 Å². The van der Waals surface area contributed by atoms with Gasteiger partial charge in [-0.3, -0.25) is 0 Å². The smallest absolute Gasteiger partial charge is 0.0203 e. The van der Waals surface area contributed by atoms with Crippen LogP contribution in [0.3, 0.4) is 0 Å². The summed E-state index contributed by atoms with van der Waals surface area (Å²) >= 11 is 2.34. The standard InChI is InChI=1S/C11H17I/c1-6-8(2)11(5)9(3)7-10(4)12/h1,7-9,11H,2-5H3/b10-7-/t8-,9-,11-/m0/s1. The molecule has 0 rings (SSSR count). The number of hydrogen-bond donors (Lipinski definition) is 0. The molecule has 0 heterocycles. The molecule has 0 aliphatic carbocycles. The minimum atomic E-state index is 0.368. The maximum atomic E-state index is 5.37. The zero-order valence-corrected chi connectivity index (χ0v) is 10.4. The van der Waals surface area contributed by atoms with Gasteiger partial charge < -0.3 is 0 Å². The Kier molecular flexibility index (Phi) is 5.65. The van der Waals surface area contributed by atoms with Crippen molar-refractivity contribution in [3.8, 4) is 12.3 Å². The zero-order chi connectivity index (χ0) is 9.72. The predicted octanol–water partition coefficient (Wildman–Crippen LogP) is 3.87. The zero-order valence-electron chi connectivity index (χ0n) is 8.26. The number of terminal acetylenes is 1. The van der Waals surface area contributed by atoms with E-state index in [2.05, 4.69) is 62.3 Å². The van der Waals surface area contributed by atoms with Crippen molar-refractivity contribution in [2.24, 2.45) is 17.8 Å². The van der Waals surface area contributed by atoms with E-state index in [4.69, 9.17) is 6.42 Å². The highest BCUT2D eigenvalue weighted by Gasteiger charge is 2.15. The van der Waals surface area contributed by atoms with Crippen LogP contribution in [0.4, 0.5) is 0 Å². The summed E-state index contributed by atoms with van der Waals surface area (Å²) in [7, 11) is 0. The Hall–Kier alpha value is 0.0300. The molecule has 12 heavy (non-hydrogen) atoms. The fourth-order valence-electron chi connectivity index (χ4n) is 1.12. The van der Waals surface area contributed by atoms with Gasteiger partial charge in [0.2, 0.25) is 0 Å². The summed E-state index contributed by atoms with van der Waals surface area (Å²) in [4.78, 5) is 0. The molecule has 0 fully saturated rings. The average molecular weight is 276 g/mol. The molecule has 0 aliphatic rings. The first kappa shape index (κ1) is 12.0. The van der Waals surface area contributed by atoms with Gasteiger partial charge in [0.15, 0.2) is 0 Å². The van der Waals surface area contributed by atoms with Crippen molar-refractivity contribution in [2.75, 3.05) is 0 Å². The highest BCUT2D eigenvalue weighted by molar-refractivity contribution is 14.1. The van der Waals surface area contributed by atoms with Crippen molar-refractivity contribution in [2.45, 2.75) is 27.7 Å². The molecule has 0 aliphatic heterocycles. The molecule has 0 amide bonds. The lowest BCUT2D eigenvalue weighted by molar-refractivity contribution is 0.381. The van der Waals surface area contributed by atoms with Crippen molar-refractivity contribution in [3.05, 3.63) is 9.66 Å². The Morgan fingerprint density at radius 3 is 2.25 bits per heavy atom. The van der Waals surface area contributed by atoms with Crippen molar-refractivity contribution >= 4 is 22.6 Å². The Balaban J connectivity index is 4.21. The third-order valence-corrected chi connectivity index (χ3v) is 2.73. The van der Waals surface area contributed by atoms with Gasteiger partial charge in [-0.2, -0.15) is 0 Å². The summed E-state index contributed by atoms with van der Waals surface area (Å²) in [5.74, 6) is 4.30. The molecule has 0 nitrogen and oxygen atoms in total. The number of allylic oxidation sites excluding steroid dienone is 2. The third-order valence-electron chi connectivity index (χ3n) is 2.37. The Morgan fingerprint density at radius 2 is 1.92 bits per heavy atom. The normalized spacial score (nSPS) is 19.5. The summed E-state index contributed by atoms with van der Waals surface area (Å²) in [5, 5.41) is 0. The molecular weight excluding hydrogens is 259 g/mol. The monoisotopic (exact) mass is 276 g/mol. The lowest BCUT2D eigenvalue weighted by Gasteiger charge is -2.19. The van der Waals surface area contributed by atoms with Crippen LogP contribution in [0.15, 0.2) is 9.66 Å². The van der Waals surface area contributed by atoms with Crippen molar-refractivity contribution in [1.82, 2.24) is 0 Å². The summed E-state index contributed by atoms with van der Waals surface area (Å²) in [5.41, 5.74) is 0. The molecule has 3 atom stereocenters. The highest BCUT2D eigenvalue weighted by Crippen LogP contribution is 2.23. The molecule has 0 aromatic carbocycles. The van der Waals surface area contributed by atoms with E-state index in [0.717, 1.165) is 0 Å². The molecule has 0 spiro atoms. The Morgan fingerprint density at radius 1 is 1.42 bits per heavy atom. The van der Waals surface area contributed by atoms with Gasteiger partial charge in [-0.25, -0.2) is 0 Å². The first-order valence-corrected chi connectivity index (χ1v) is 5.37. The second-order valence-electron chi connectivity index (χ2n) is 3.43. The topological polar surface area (TPSA) is 0 Å². The molecule has 0 N–H and O–H groups in total. The van der Waals surface area contributed by atoms with Gasteiger partial charge in [-0.15, -0.1) is 12.3 Å². The number of hydrogen-bond acceptors (Lipinski definition) is 0. The van der Waals surface area contributed by atoms with Crippen LogP contribution in [0.1, 0.15) is 27.7 Å². The average Bonchev–Trinajstić information content (AvgIpc) is 2.00. The highest BCUT2D eigenvalue weighted by atomic mass is 127. The molecule has 0 unspecified atom stereocenters. The first-order chi connectivity index (χ1) is 5.49. The second-order valence-corrected chi connectivity index (χ2v) is 5.13. The van der Waals surface area contributed by atoms with Crippen molar-refractivity contribution in [3.63, 3.8) is 0 Å². The van der Waals surface area contributed by atoms with Gasteiger partial charge in [-0.1, -0.05) is 26.8 Å². The van der Waals surface area contributed by atoms with Gasteiger partial charge in [0.25, 0.3) is 0 Å². The van der Waals surface area contributed by atoms with Crippen LogP contribution < -0.4 is 0 Å². The Bertz CT molecular complexity index is 194. The summed E-state index contributed by atoms with van der Waals surface area (Å²) < 4.78 is 1.34. The van der Waals surface area contributed by atoms with E-state index in [0.29, 0.717) is 17.8 Å². The second kappa shape index (κ2) is 5.64. The lowest BCUT2D eigenvalue weighted by Crippen LogP contribution is -2.13. The van der Waals surface area contributed by atoms with Crippen molar-refractivity contribution < 1.29 is 0 Å². The van der Waals surface area contributed by atoms with Crippen LogP contribution >= 0.6 is 22.6 Å². The fourth-order valence-corrected chi connectivity index (χ4v) is 1.69. The maximum Gasteiger partial charge on any atom is 0.0203 e. The van der Waals surface area contributed by atoms with Crippen LogP contribution in [-0.2, 0) is 0 Å². The van der Waals surface area contributed by atoms with Crippen LogP contribution in [0.2, 0.25) is 0 Å². The Labute approximate surface area is 90.0 Å². The number of halogens is 1. The van der Waals surface area contributed by atoms with E-state index in [1.165, 1.54) is 3.58 Å². The number of rotatable bonds is 3. The SMILES string of the molecule is C#C[C@H](C)[C@H](C)[C@@H](C)/C=C(/C)I. The summed E-state index contributed by atoms with van der Waals surface area (Å²) in [6.45, 7) is 8.66. The van der Waals surface area contributed by atoms with Crippen molar-refractivity contribution in [1.29, 1.82) is 0 Å². The first-order valence-electron chi connectivity index (χ1n) is 4.29. The van der Waals surface area contributed by atoms with E-state index < -0.39 is 0 Å². The molecule has 0 radical (unpaired) electrons. The van der Waals surface area contributed by atoms with E-state index in [-0.39, 0.29) is 0 Å². The molecule has 68 valence electrons. The third kappa shape index (κ3) is 4.15. The summed E-state index contributed by atoms with van der Waals surface area (Å²) in [6, 6.07) is 0. The molecule has 0 aromatic rings. The van der Waals surface area contributed by atoms with E-state index in [9.17, 15) is 0 Å². The lowest BCUT2D eigenvalue weighted by atomic mass is 9.85. The largest absolute Gasteiger partial charge is 0.120 e. The molecule has 1 heteroatoms. The van der Waals surface area contributed by atoms with E-state index >= 15 is 0 Å².